The predicted molar refractivity (Wildman–Crippen MR) is 74.2 cm³/mol. The van der Waals surface area contributed by atoms with Gasteiger partial charge in [-0.15, -0.1) is 0 Å². The summed E-state index contributed by atoms with van der Waals surface area (Å²) in [6.07, 6.45) is 0. The maximum atomic E-state index is 13.9. The fourth-order valence-electron chi connectivity index (χ4n) is 1.71. The highest BCUT2D eigenvalue weighted by molar-refractivity contribution is 9.10. The number of hydrogen-bond acceptors (Lipinski definition) is 1. The molecule has 0 aliphatic rings. The molecule has 0 fully saturated rings. The van der Waals surface area contributed by atoms with E-state index in [0.717, 1.165) is 4.47 Å². The molecule has 18 heavy (non-hydrogen) atoms. The van der Waals surface area contributed by atoms with E-state index in [1.54, 1.807) is 18.2 Å². The Bertz CT molecular complexity index is 587. The van der Waals surface area contributed by atoms with Crippen molar-refractivity contribution in [3.05, 3.63) is 68.1 Å². The van der Waals surface area contributed by atoms with Gasteiger partial charge in [0.2, 0.25) is 0 Å². The standard InChI is InChI=1S/C13H9Br2F2N/c14-8-4-2-1-3-7(8)13(18)11-10(16)6-5-9(15)12(11)17/h1-6,13H,18H2. The molecular weight excluding hydrogens is 368 g/mol. The van der Waals surface area contributed by atoms with E-state index in [1.807, 2.05) is 6.07 Å². The van der Waals surface area contributed by atoms with Crippen LogP contribution in [-0.4, -0.2) is 0 Å². The van der Waals surface area contributed by atoms with Crippen molar-refractivity contribution in [2.45, 2.75) is 6.04 Å². The number of halogens is 4. The Morgan fingerprint density at radius 2 is 1.61 bits per heavy atom. The summed E-state index contributed by atoms with van der Waals surface area (Å²) in [6.45, 7) is 0. The minimum absolute atomic E-state index is 0.142. The Balaban J connectivity index is 2.56. The number of benzene rings is 2. The molecular formula is C13H9Br2F2N. The highest BCUT2D eigenvalue weighted by atomic mass is 79.9. The van der Waals surface area contributed by atoms with E-state index in [1.165, 1.54) is 12.1 Å². The molecule has 2 N–H and O–H groups in total. The summed E-state index contributed by atoms with van der Waals surface area (Å²) in [7, 11) is 0. The Kier molecular flexibility index (Phi) is 4.14. The molecule has 94 valence electrons. The number of hydrogen-bond donors (Lipinski definition) is 1. The zero-order chi connectivity index (χ0) is 13.3. The molecule has 1 nitrogen and oxygen atoms in total. The molecule has 0 heterocycles. The third-order valence-electron chi connectivity index (χ3n) is 2.63. The van der Waals surface area contributed by atoms with Gasteiger partial charge in [0.25, 0.3) is 0 Å². The molecule has 0 spiro atoms. The molecule has 0 aliphatic carbocycles. The third kappa shape index (κ3) is 2.48. The summed E-state index contributed by atoms with van der Waals surface area (Å²) in [4.78, 5) is 0. The third-order valence-corrected chi connectivity index (χ3v) is 3.97. The van der Waals surface area contributed by atoms with Gasteiger partial charge < -0.3 is 5.73 Å². The van der Waals surface area contributed by atoms with Gasteiger partial charge in [0.15, 0.2) is 0 Å². The molecule has 0 aliphatic heterocycles. The molecule has 0 saturated heterocycles. The summed E-state index contributed by atoms with van der Waals surface area (Å²) in [5.41, 5.74) is 6.45. The van der Waals surface area contributed by atoms with Gasteiger partial charge in [-0.25, -0.2) is 8.78 Å². The number of nitrogens with two attached hydrogens (primary N) is 1. The van der Waals surface area contributed by atoms with Gasteiger partial charge in [-0.2, -0.15) is 0 Å². The van der Waals surface area contributed by atoms with Crippen LogP contribution in [0.3, 0.4) is 0 Å². The van der Waals surface area contributed by atoms with Crippen LogP contribution in [0.4, 0.5) is 8.78 Å². The smallest absolute Gasteiger partial charge is 0.145 e. The topological polar surface area (TPSA) is 26.0 Å². The summed E-state index contributed by atoms with van der Waals surface area (Å²) >= 11 is 6.36. The quantitative estimate of drug-likeness (QED) is 0.765. The number of rotatable bonds is 2. The Morgan fingerprint density at radius 1 is 0.944 bits per heavy atom. The summed E-state index contributed by atoms with van der Waals surface area (Å²) in [5, 5.41) is 0. The first-order valence-corrected chi connectivity index (χ1v) is 6.74. The first-order chi connectivity index (χ1) is 8.52. The van der Waals surface area contributed by atoms with E-state index < -0.39 is 17.7 Å². The molecule has 1 unspecified atom stereocenters. The van der Waals surface area contributed by atoms with Gasteiger partial charge in [0, 0.05) is 10.0 Å². The SMILES string of the molecule is NC(c1ccccc1Br)c1c(F)ccc(Br)c1F. The Labute approximate surface area is 120 Å². The normalized spacial score (nSPS) is 12.5. The fraction of sp³-hybridized carbons (Fsp3) is 0.0769. The minimum Gasteiger partial charge on any atom is -0.320 e. The highest BCUT2D eigenvalue weighted by Gasteiger charge is 2.21. The predicted octanol–water partition coefficient (Wildman–Crippen LogP) is 4.54. The molecule has 2 rings (SSSR count). The molecule has 0 aromatic heterocycles. The zero-order valence-electron chi connectivity index (χ0n) is 9.13. The molecule has 5 heteroatoms. The summed E-state index contributed by atoms with van der Waals surface area (Å²) in [5.74, 6) is -1.32. The van der Waals surface area contributed by atoms with Crippen LogP contribution in [0.2, 0.25) is 0 Å². The molecule has 2 aromatic carbocycles. The van der Waals surface area contributed by atoms with Crippen molar-refractivity contribution in [2.24, 2.45) is 5.73 Å². The average molecular weight is 377 g/mol. The molecule has 1 atom stereocenters. The van der Waals surface area contributed by atoms with Crippen LogP contribution in [0.5, 0.6) is 0 Å². The van der Waals surface area contributed by atoms with Gasteiger partial charge in [0.05, 0.1) is 10.5 Å². The highest BCUT2D eigenvalue weighted by Crippen LogP contribution is 2.32. The van der Waals surface area contributed by atoms with Crippen LogP contribution in [0.15, 0.2) is 45.3 Å². The minimum atomic E-state index is -0.863. The van der Waals surface area contributed by atoms with Crippen molar-refractivity contribution in [1.82, 2.24) is 0 Å². The van der Waals surface area contributed by atoms with Crippen molar-refractivity contribution >= 4 is 31.9 Å². The maximum absolute atomic E-state index is 13.9. The summed E-state index contributed by atoms with van der Waals surface area (Å²) < 4.78 is 28.6. The van der Waals surface area contributed by atoms with Crippen molar-refractivity contribution in [1.29, 1.82) is 0 Å². The Morgan fingerprint density at radius 3 is 2.28 bits per heavy atom. The van der Waals surface area contributed by atoms with Crippen LogP contribution in [0.1, 0.15) is 17.2 Å². The van der Waals surface area contributed by atoms with Crippen LogP contribution in [0, 0.1) is 11.6 Å². The average Bonchev–Trinajstić information content (AvgIpc) is 2.35. The molecule has 0 amide bonds. The monoisotopic (exact) mass is 375 g/mol. The zero-order valence-corrected chi connectivity index (χ0v) is 12.3. The van der Waals surface area contributed by atoms with Crippen LogP contribution >= 0.6 is 31.9 Å². The second-order valence-corrected chi connectivity index (χ2v) is 5.46. The lowest BCUT2D eigenvalue weighted by Gasteiger charge is -2.16. The molecule has 0 saturated carbocycles. The van der Waals surface area contributed by atoms with Crippen molar-refractivity contribution < 1.29 is 8.78 Å². The lowest BCUT2D eigenvalue weighted by Crippen LogP contribution is -2.16. The fourth-order valence-corrected chi connectivity index (χ4v) is 2.59. The second kappa shape index (κ2) is 5.47. The van der Waals surface area contributed by atoms with Crippen molar-refractivity contribution in [3.63, 3.8) is 0 Å². The van der Waals surface area contributed by atoms with Crippen LogP contribution < -0.4 is 5.73 Å². The molecule has 0 bridgehead atoms. The van der Waals surface area contributed by atoms with Gasteiger partial charge in [0.1, 0.15) is 11.6 Å². The van der Waals surface area contributed by atoms with E-state index in [-0.39, 0.29) is 10.0 Å². The first-order valence-electron chi connectivity index (χ1n) is 5.15. The van der Waals surface area contributed by atoms with E-state index in [9.17, 15) is 8.78 Å². The van der Waals surface area contributed by atoms with E-state index in [2.05, 4.69) is 31.9 Å². The van der Waals surface area contributed by atoms with Gasteiger partial charge >= 0.3 is 0 Å². The van der Waals surface area contributed by atoms with E-state index in [0.29, 0.717) is 5.56 Å². The molecule has 0 radical (unpaired) electrons. The van der Waals surface area contributed by atoms with Crippen LogP contribution in [-0.2, 0) is 0 Å². The second-order valence-electron chi connectivity index (χ2n) is 3.76. The van der Waals surface area contributed by atoms with Crippen molar-refractivity contribution in [3.8, 4) is 0 Å². The lowest BCUT2D eigenvalue weighted by molar-refractivity contribution is 0.539. The van der Waals surface area contributed by atoms with Crippen LogP contribution in [0.25, 0.3) is 0 Å². The lowest BCUT2D eigenvalue weighted by atomic mass is 9.99. The molecule has 2 aromatic rings. The summed E-state index contributed by atoms with van der Waals surface area (Å²) in [6, 6.07) is 8.75. The first kappa shape index (κ1) is 13.6. The maximum Gasteiger partial charge on any atom is 0.145 e. The van der Waals surface area contributed by atoms with Gasteiger partial charge in [-0.05, 0) is 39.7 Å². The van der Waals surface area contributed by atoms with Crippen molar-refractivity contribution in [2.75, 3.05) is 0 Å². The Hall–Kier alpha value is -0.780. The largest absolute Gasteiger partial charge is 0.320 e. The van der Waals surface area contributed by atoms with E-state index >= 15 is 0 Å². The van der Waals surface area contributed by atoms with Gasteiger partial charge in [-0.1, -0.05) is 34.1 Å². The van der Waals surface area contributed by atoms with Gasteiger partial charge in [-0.3, -0.25) is 0 Å². The van der Waals surface area contributed by atoms with E-state index in [4.69, 9.17) is 5.73 Å².